The second-order valence-electron chi connectivity index (χ2n) is 12.2. The Bertz CT molecular complexity index is 1470. The molecule has 3 N–H and O–H groups in total. The predicted molar refractivity (Wildman–Crippen MR) is 163 cm³/mol. The minimum Gasteiger partial charge on any atom is -0.507 e. The summed E-state index contributed by atoms with van der Waals surface area (Å²) < 4.78 is 0. The first-order chi connectivity index (χ1) is 19.9. The molecule has 0 saturated carbocycles. The Morgan fingerprint density at radius 1 is 0.683 bits per heavy atom. The van der Waals surface area contributed by atoms with Gasteiger partial charge in [0.05, 0.1) is 5.56 Å². The highest BCUT2D eigenvalue weighted by molar-refractivity contribution is 6.30. The van der Waals surface area contributed by atoms with E-state index in [0.717, 1.165) is 113 Å². The van der Waals surface area contributed by atoms with E-state index in [4.69, 9.17) is 11.6 Å². The fraction of sp³-hybridized carbons (Fsp3) is 0.441. The molecule has 0 unspecified atom stereocenters. The Kier molecular flexibility index (Phi) is 6.77. The number of rotatable bonds is 4. The number of nitrogens with zero attached hydrogens (tertiary/aromatic N) is 2. The number of aromatic carboxylic acids is 1. The van der Waals surface area contributed by atoms with Crippen molar-refractivity contribution in [1.29, 1.82) is 0 Å². The number of carboxylic acid groups (broad SMARTS) is 1. The molecule has 41 heavy (non-hydrogen) atoms. The lowest BCUT2D eigenvalue weighted by atomic mass is 9.77. The van der Waals surface area contributed by atoms with E-state index in [1.54, 1.807) is 18.2 Å². The van der Waals surface area contributed by atoms with Crippen LogP contribution in [0.2, 0.25) is 5.02 Å². The molecule has 4 aliphatic heterocycles. The smallest absolute Gasteiger partial charge is 0.335 e. The maximum absolute atomic E-state index is 12.6. The zero-order valence-electron chi connectivity index (χ0n) is 23.4. The highest BCUT2D eigenvalue weighted by atomic mass is 35.5. The third kappa shape index (κ3) is 4.42. The summed E-state index contributed by atoms with van der Waals surface area (Å²) in [4.78, 5) is 17.4. The fourth-order valence-corrected chi connectivity index (χ4v) is 8.14. The third-order valence-electron chi connectivity index (χ3n) is 9.73. The molecule has 7 heteroatoms. The van der Waals surface area contributed by atoms with Crippen molar-refractivity contribution in [1.82, 2.24) is 0 Å². The normalized spacial score (nSPS) is 18.0. The first-order valence-corrected chi connectivity index (χ1v) is 15.6. The van der Waals surface area contributed by atoms with Gasteiger partial charge in [-0.25, -0.2) is 4.79 Å². The van der Waals surface area contributed by atoms with Crippen molar-refractivity contribution < 1.29 is 20.1 Å². The van der Waals surface area contributed by atoms with Crippen LogP contribution in [0.15, 0.2) is 30.3 Å². The van der Waals surface area contributed by atoms with Crippen LogP contribution in [-0.2, 0) is 25.7 Å². The Labute approximate surface area is 246 Å². The van der Waals surface area contributed by atoms with E-state index < -0.39 is 11.9 Å². The molecule has 4 heterocycles. The van der Waals surface area contributed by atoms with E-state index >= 15 is 0 Å². The molecule has 6 nitrogen and oxygen atoms in total. The summed E-state index contributed by atoms with van der Waals surface area (Å²) in [7, 11) is 0. The molecule has 0 aromatic heterocycles. The number of benzene rings is 3. The molecule has 3 aromatic rings. The van der Waals surface area contributed by atoms with E-state index in [0.29, 0.717) is 21.7 Å². The van der Waals surface area contributed by atoms with Crippen molar-refractivity contribution in [3.05, 3.63) is 79.9 Å². The number of carbonyl (C=O) groups is 1. The summed E-state index contributed by atoms with van der Waals surface area (Å²) in [5.41, 5.74) is 8.60. The van der Waals surface area contributed by atoms with Crippen LogP contribution in [-0.4, -0.2) is 47.5 Å². The largest absolute Gasteiger partial charge is 0.507 e. The van der Waals surface area contributed by atoms with Crippen molar-refractivity contribution in [3.8, 4) is 11.5 Å². The second-order valence-corrected chi connectivity index (χ2v) is 12.6. The average Bonchev–Trinajstić information content (AvgIpc) is 3.31. The summed E-state index contributed by atoms with van der Waals surface area (Å²) in [6, 6.07) is 9.05. The molecular formula is C34H37ClN2O4. The van der Waals surface area contributed by atoms with Crippen LogP contribution < -0.4 is 9.80 Å². The minimum atomic E-state index is -1.05. The van der Waals surface area contributed by atoms with Crippen molar-refractivity contribution in [2.75, 3.05) is 36.0 Å². The number of phenolic OH excluding ortho intramolecular Hbond substituents is 2. The highest BCUT2D eigenvalue weighted by Crippen LogP contribution is 2.51. The summed E-state index contributed by atoms with van der Waals surface area (Å²) in [6.07, 6.45) is 9.68. The summed E-state index contributed by atoms with van der Waals surface area (Å²) in [5.74, 6) is -1.28. The number of carboxylic acids is 1. The molecule has 0 amide bonds. The summed E-state index contributed by atoms with van der Waals surface area (Å²) in [6.45, 7) is 3.96. The van der Waals surface area contributed by atoms with E-state index in [-0.39, 0.29) is 17.1 Å². The third-order valence-corrected chi connectivity index (χ3v) is 9.96. The Balaban J connectivity index is 1.53. The lowest BCUT2D eigenvalue weighted by Crippen LogP contribution is -2.31. The molecule has 0 fully saturated rings. The van der Waals surface area contributed by atoms with E-state index in [1.807, 2.05) is 0 Å². The molecular weight excluding hydrogens is 536 g/mol. The van der Waals surface area contributed by atoms with Crippen molar-refractivity contribution in [2.45, 2.75) is 70.1 Å². The van der Waals surface area contributed by atoms with Gasteiger partial charge in [0, 0.05) is 70.7 Å². The molecule has 4 aliphatic rings. The Morgan fingerprint density at radius 3 is 1.71 bits per heavy atom. The van der Waals surface area contributed by atoms with E-state index in [1.165, 1.54) is 11.1 Å². The van der Waals surface area contributed by atoms with Crippen LogP contribution in [0.25, 0.3) is 0 Å². The maximum atomic E-state index is 12.6. The van der Waals surface area contributed by atoms with Crippen LogP contribution in [0.3, 0.4) is 0 Å². The lowest BCUT2D eigenvalue weighted by Gasteiger charge is -2.35. The van der Waals surface area contributed by atoms with Gasteiger partial charge >= 0.3 is 5.97 Å². The predicted octanol–water partition coefficient (Wildman–Crippen LogP) is 6.81. The molecule has 7 rings (SSSR count). The van der Waals surface area contributed by atoms with Crippen LogP contribution in [0.5, 0.6) is 11.5 Å². The summed E-state index contributed by atoms with van der Waals surface area (Å²) in [5, 5.41) is 34.8. The zero-order chi connectivity index (χ0) is 28.2. The number of anilines is 2. The topological polar surface area (TPSA) is 84.2 Å². The second kappa shape index (κ2) is 10.5. The summed E-state index contributed by atoms with van der Waals surface area (Å²) >= 11 is 6.54. The van der Waals surface area contributed by atoms with Crippen molar-refractivity contribution in [2.24, 2.45) is 0 Å². The number of aryl methyl sites for hydroxylation is 2. The molecule has 0 aliphatic carbocycles. The van der Waals surface area contributed by atoms with Crippen molar-refractivity contribution in [3.63, 3.8) is 0 Å². The molecule has 214 valence electrons. The van der Waals surface area contributed by atoms with Gasteiger partial charge in [-0.05, 0) is 111 Å². The van der Waals surface area contributed by atoms with Gasteiger partial charge in [-0.1, -0.05) is 11.6 Å². The molecule has 0 spiro atoms. The van der Waals surface area contributed by atoms with E-state index in [9.17, 15) is 20.1 Å². The van der Waals surface area contributed by atoms with Gasteiger partial charge in [-0.15, -0.1) is 0 Å². The highest BCUT2D eigenvalue weighted by Gasteiger charge is 2.35. The molecule has 0 radical (unpaired) electrons. The quantitative estimate of drug-likeness (QED) is 0.298. The van der Waals surface area contributed by atoms with E-state index in [2.05, 4.69) is 21.9 Å². The molecule has 3 aromatic carbocycles. The number of hydrogen-bond acceptors (Lipinski definition) is 5. The van der Waals surface area contributed by atoms with Crippen LogP contribution in [0.4, 0.5) is 11.4 Å². The van der Waals surface area contributed by atoms with Gasteiger partial charge < -0.3 is 25.1 Å². The van der Waals surface area contributed by atoms with Gasteiger partial charge in [-0.2, -0.15) is 0 Å². The van der Waals surface area contributed by atoms with Gasteiger partial charge in [0.2, 0.25) is 0 Å². The van der Waals surface area contributed by atoms with Gasteiger partial charge in [0.15, 0.2) is 0 Å². The SMILES string of the molecule is O=C(O)c1ccc(Cl)cc1C(c1cc2c3c(c1O)CCCN3CCCC2)c1cc2c3c(c1O)CCCN3CCCC2. The molecule has 0 atom stereocenters. The molecule has 0 saturated heterocycles. The number of aromatic hydroxyl groups is 2. The monoisotopic (exact) mass is 572 g/mol. The number of phenols is 2. The Hall–Kier alpha value is -3.38. The van der Waals surface area contributed by atoms with Crippen LogP contribution >= 0.6 is 11.6 Å². The van der Waals surface area contributed by atoms with Gasteiger partial charge in [0.25, 0.3) is 0 Å². The average molecular weight is 573 g/mol. The van der Waals surface area contributed by atoms with Crippen molar-refractivity contribution >= 4 is 28.9 Å². The first kappa shape index (κ1) is 26.5. The zero-order valence-corrected chi connectivity index (χ0v) is 24.1. The van der Waals surface area contributed by atoms with Gasteiger partial charge in [-0.3, -0.25) is 0 Å². The fourth-order valence-electron chi connectivity index (χ4n) is 7.96. The van der Waals surface area contributed by atoms with Crippen LogP contribution in [0, 0.1) is 0 Å². The van der Waals surface area contributed by atoms with Crippen LogP contribution in [0.1, 0.15) is 93.7 Å². The number of halogens is 1. The Morgan fingerprint density at radius 2 is 1.20 bits per heavy atom. The minimum absolute atomic E-state index is 0.133. The maximum Gasteiger partial charge on any atom is 0.335 e. The first-order valence-electron chi connectivity index (χ1n) is 15.2. The van der Waals surface area contributed by atoms with Gasteiger partial charge in [0.1, 0.15) is 11.5 Å². The number of hydrogen-bond donors (Lipinski definition) is 3. The molecule has 0 bridgehead atoms. The lowest BCUT2D eigenvalue weighted by molar-refractivity contribution is 0.0695. The standard InChI is InChI=1S/C34H37ClN2O4/c35-22-11-12-23(34(40)41)26(19-22)29(27-17-20-7-1-3-13-36-15-5-9-24(30(20)36)32(27)38)28-18-21-8-2-4-14-37-16-6-10-25(31(21)37)33(28)39/h11-12,17-19,29,38-39H,1-10,13-16H2,(H,40,41).